The van der Waals surface area contributed by atoms with E-state index in [1.165, 1.54) is 13.2 Å². The maximum atomic E-state index is 14.1. The molecule has 4 nitrogen and oxygen atoms in total. The number of halogens is 1. The first kappa shape index (κ1) is 15.3. The standard InChI is InChI=1S/C14H20FNO3S/c1-19-13-8-11(6-10-4-3-5-16-9-10)7-12(15)14(13)20(2,17)18/h7-8,10,16H,3-6,9H2,1-2H3. The van der Waals surface area contributed by atoms with Gasteiger partial charge in [0.05, 0.1) is 7.11 Å². The first-order valence-corrected chi connectivity index (χ1v) is 8.58. The van der Waals surface area contributed by atoms with Crippen LogP contribution in [0.1, 0.15) is 18.4 Å². The van der Waals surface area contributed by atoms with Crippen molar-refractivity contribution in [1.29, 1.82) is 0 Å². The van der Waals surface area contributed by atoms with Gasteiger partial charge in [0.1, 0.15) is 16.5 Å². The van der Waals surface area contributed by atoms with Crippen molar-refractivity contribution in [3.63, 3.8) is 0 Å². The fourth-order valence-corrected chi connectivity index (χ4v) is 3.60. The molecule has 112 valence electrons. The summed E-state index contributed by atoms with van der Waals surface area (Å²) < 4.78 is 42.3. The van der Waals surface area contributed by atoms with Gasteiger partial charge in [-0.2, -0.15) is 0 Å². The molecule has 1 fully saturated rings. The number of ether oxygens (including phenoxy) is 1. The third kappa shape index (κ3) is 3.49. The molecule has 1 aliphatic heterocycles. The van der Waals surface area contributed by atoms with Gasteiger partial charge in [-0.1, -0.05) is 0 Å². The molecular formula is C14H20FNO3S. The molecule has 0 radical (unpaired) electrons. The second-order valence-electron chi connectivity index (χ2n) is 5.30. The summed E-state index contributed by atoms with van der Waals surface area (Å²) in [6.45, 7) is 1.94. The number of hydrogen-bond acceptors (Lipinski definition) is 4. The zero-order chi connectivity index (χ0) is 14.8. The van der Waals surface area contributed by atoms with E-state index in [1.807, 2.05) is 0 Å². The molecule has 20 heavy (non-hydrogen) atoms. The largest absolute Gasteiger partial charge is 0.495 e. The van der Waals surface area contributed by atoms with E-state index < -0.39 is 15.7 Å². The highest BCUT2D eigenvalue weighted by atomic mass is 32.2. The maximum absolute atomic E-state index is 14.1. The fourth-order valence-electron chi connectivity index (χ4n) is 2.68. The van der Waals surface area contributed by atoms with Crippen LogP contribution in [0.3, 0.4) is 0 Å². The van der Waals surface area contributed by atoms with Crippen molar-refractivity contribution in [1.82, 2.24) is 5.32 Å². The van der Waals surface area contributed by atoms with Gasteiger partial charge in [0.15, 0.2) is 9.84 Å². The smallest absolute Gasteiger partial charge is 0.182 e. The predicted molar refractivity (Wildman–Crippen MR) is 75.4 cm³/mol. The summed E-state index contributed by atoms with van der Waals surface area (Å²) in [5.74, 6) is -0.186. The van der Waals surface area contributed by atoms with Crippen molar-refractivity contribution >= 4 is 9.84 Å². The summed E-state index contributed by atoms with van der Waals surface area (Å²) in [5, 5.41) is 3.31. The van der Waals surface area contributed by atoms with Crippen LogP contribution in [0.5, 0.6) is 5.75 Å². The van der Waals surface area contributed by atoms with Crippen LogP contribution < -0.4 is 10.1 Å². The van der Waals surface area contributed by atoms with Crippen molar-refractivity contribution in [2.24, 2.45) is 5.92 Å². The lowest BCUT2D eigenvalue weighted by Crippen LogP contribution is -2.30. The summed E-state index contributed by atoms with van der Waals surface area (Å²) in [6, 6.07) is 2.95. The second-order valence-corrected chi connectivity index (χ2v) is 7.25. The lowest BCUT2D eigenvalue weighted by molar-refractivity contribution is 0.371. The van der Waals surface area contributed by atoms with Gasteiger partial charge in [-0.05, 0) is 56.0 Å². The van der Waals surface area contributed by atoms with Crippen molar-refractivity contribution in [3.05, 3.63) is 23.5 Å². The summed E-state index contributed by atoms with van der Waals surface area (Å²) in [7, 11) is -2.28. The van der Waals surface area contributed by atoms with Crippen LogP contribution in [-0.2, 0) is 16.3 Å². The minimum absolute atomic E-state index is 0.0891. The molecule has 6 heteroatoms. The molecule has 1 aliphatic rings. The Hall–Kier alpha value is -1.14. The summed E-state index contributed by atoms with van der Waals surface area (Å²) in [6.07, 6.45) is 3.93. The van der Waals surface area contributed by atoms with E-state index in [4.69, 9.17) is 4.74 Å². The highest BCUT2D eigenvalue weighted by Gasteiger charge is 2.22. The van der Waals surface area contributed by atoms with Gasteiger partial charge in [0.2, 0.25) is 0 Å². The molecule has 1 unspecified atom stereocenters. The SMILES string of the molecule is COc1cc(CC2CCCNC2)cc(F)c1S(C)(=O)=O. The van der Waals surface area contributed by atoms with Crippen molar-refractivity contribution < 1.29 is 17.5 Å². The second kappa shape index (κ2) is 6.10. The molecule has 1 aromatic carbocycles. The van der Waals surface area contributed by atoms with E-state index in [9.17, 15) is 12.8 Å². The zero-order valence-electron chi connectivity index (χ0n) is 11.8. The maximum Gasteiger partial charge on any atom is 0.182 e. The number of hydrogen-bond donors (Lipinski definition) is 1. The van der Waals surface area contributed by atoms with E-state index in [1.54, 1.807) is 6.07 Å². The average molecular weight is 301 g/mol. The predicted octanol–water partition coefficient (Wildman–Crippen LogP) is 1.78. The summed E-state index contributed by atoms with van der Waals surface area (Å²) in [5.41, 5.74) is 0.778. The summed E-state index contributed by atoms with van der Waals surface area (Å²) >= 11 is 0. The molecular weight excluding hydrogens is 281 g/mol. The Bertz CT molecular complexity index is 580. The van der Waals surface area contributed by atoms with Gasteiger partial charge in [0.25, 0.3) is 0 Å². The first-order chi connectivity index (χ1) is 9.41. The lowest BCUT2D eigenvalue weighted by Gasteiger charge is -2.23. The Morgan fingerprint density at radius 3 is 2.75 bits per heavy atom. The molecule has 1 saturated heterocycles. The molecule has 0 bridgehead atoms. The highest BCUT2D eigenvalue weighted by molar-refractivity contribution is 7.90. The van der Waals surface area contributed by atoms with Gasteiger partial charge < -0.3 is 10.1 Å². The molecule has 0 amide bonds. The highest BCUT2D eigenvalue weighted by Crippen LogP contribution is 2.30. The number of nitrogens with one attached hydrogen (secondary N) is 1. The molecule has 0 aliphatic carbocycles. The molecule has 0 saturated carbocycles. The van der Waals surface area contributed by atoms with Crippen molar-refractivity contribution in [3.8, 4) is 5.75 Å². The first-order valence-electron chi connectivity index (χ1n) is 6.69. The zero-order valence-corrected chi connectivity index (χ0v) is 12.6. The molecule has 1 heterocycles. The Labute approximate surface area is 119 Å². The third-order valence-corrected chi connectivity index (χ3v) is 4.72. The fraction of sp³-hybridized carbons (Fsp3) is 0.571. The molecule has 0 spiro atoms. The van der Waals surface area contributed by atoms with Crippen LogP contribution in [-0.4, -0.2) is 34.9 Å². The molecule has 1 atom stereocenters. The Balaban J connectivity index is 2.30. The minimum atomic E-state index is -3.64. The Kier molecular flexibility index (Phi) is 4.65. The number of sulfone groups is 1. The van der Waals surface area contributed by atoms with Crippen LogP contribution >= 0.6 is 0 Å². The van der Waals surface area contributed by atoms with Gasteiger partial charge >= 0.3 is 0 Å². The van der Waals surface area contributed by atoms with Crippen LogP contribution in [0.2, 0.25) is 0 Å². The molecule has 1 aromatic rings. The normalized spacial score (nSPS) is 19.9. The van der Waals surface area contributed by atoms with Crippen molar-refractivity contribution in [2.75, 3.05) is 26.5 Å². The summed E-state index contributed by atoms with van der Waals surface area (Å²) in [4.78, 5) is -0.356. The lowest BCUT2D eigenvalue weighted by atomic mass is 9.92. The number of benzene rings is 1. The molecule has 2 rings (SSSR count). The topological polar surface area (TPSA) is 55.4 Å². The Morgan fingerprint density at radius 2 is 2.20 bits per heavy atom. The van der Waals surface area contributed by atoms with Gasteiger partial charge in [-0.3, -0.25) is 0 Å². The number of rotatable bonds is 4. The van der Waals surface area contributed by atoms with E-state index >= 15 is 0 Å². The van der Waals surface area contributed by atoms with Gasteiger partial charge in [-0.15, -0.1) is 0 Å². The minimum Gasteiger partial charge on any atom is -0.495 e. The van der Waals surface area contributed by atoms with E-state index in [0.717, 1.165) is 44.2 Å². The van der Waals surface area contributed by atoms with E-state index in [-0.39, 0.29) is 10.6 Å². The molecule has 0 aromatic heterocycles. The Morgan fingerprint density at radius 1 is 1.45 bits per heavy atom. The van der Waals surface area contributed by atoms with Crippen LogP contribution in [0.25, 0.3) is 0 Å². The number of piperidine rings is 1. The van der Waals surface area contributed by atoms with Crippen LogP contribution in [0.4, 0.5) is 4.39 Å². The van der Waals surface area contributed by atoms with Crippen molar-refractivity contribution in [2.45, 2.75) is 24.2 Å². The van der Waals surface area contributed by atoms with Crippen LogP contribution in [0, 0.1) is 11.7 Å². The average Bonchev–Trinajstić information content (AvgIpc) is 2.37. The van der Waals surface area contributed by atoms with Gasteiger partial charge in [-0.25, -0.2) is 12.8 Å². The number of methoxy groups -OCH3 is 1. The van der Waals surface area contributed by atoms with E-state index in [2.05, 4.69) is 5.32 Å². The molecule has 1 N–H and O–H groups in total. The van der Waals surface area contributed by atoms with E-state index in [0.29, 0.717) is 5.92 Å². The quantitative estimate of drug-likeness (QED) is 0.921. The third-order valence-electron chi connectivity index (χ3n) is 3.58. The van der Waals surface area contributed by atoms with Gasteiger partial charge in [0, 0.05) is 6.26 Å². The van der Waals surface area contributed by atoms with Crippen LogP contribution in [0.15, 0.2) is 17.0 Å². The monoisotopic (exact) mass is 301 g/mol.